The Morgan fingerprint density at radius 1 is 1.32 bits per heavy atom. The average molecular weight is 445 g/mol. The molecule has 1 saturated heterocycles. The topological polar surface area (TPSA) is 109 Å². The minimum atomic E-state index is -0.669. The molecule has 31 heavy (non-hydrogen) atoms. The highest BCUT2D eigenvalue weighted by Crippen LogP contribution is 2.29. The van der Waals surface area contributed by atoms with Crippen LogP contribution in [-0.2, 0) is 9.59 Å². The summed E-state index contributed by atoms with van der Waals surface area (Å²) in [6.45, 7) is 8.01. The quantitative estimate of drug-likeness (QED) is 0.635. The van der Waals surface area contributed by atoms with E-state index in [2.05, 4.69) is 10.3 Å². The second kappa shape index (κ2) is 9.46. The summed E-state index contributed by atoms with van der Waals surface area (Å²) in [7, 11) is 0. The van der Waals surface area contributed by atoms with Crippen molar-refractivity contribution in [1.82, 2.24) is 15.2 Å². The number of aliphatic hydroxyl groups is 1. The van der Waals surface area contributed by atoms with Crippen molar-refractivity contribution in [3.05, 3.63) is 41.0 Å². The molecule has 3 rings (SSSR count). The number of nitrogens with one attached hydrogen (secondary N) is 1. The standard InChI is InChI=1S/C23H32N4O3S/c1-14-19(31-13-25-14)16-9-7-15(8-10-16)17(12-28)26-21(29)18-6-5-11-27(18)22(30)20(24)23(2,3)4/h7-10,13,17-18,20,28H,5-6,11-12,24H2,1-4H3,(H,26,29)/t17-,18-,20+/m0/s1. The van der Waals surface area contributed by atoms with Gasteiger partial charge in [-0.15, -0.1) is 11.3 Å². The number of carbonyl (C=O) groups excluding carboxylic acids is 2. The molecule has 168 valence electrons. The number of hydrogen-bond donors (Lipinski definition) is 3. The van der Waals surface area contributed by atoms with Gasteiger partial charge in [0.1, 0.15) is 6.04 Å². The van der Waals surface area contributed by atoms with E-state index in [0.717, 1.165) is 28.1 Å². The molecule has 7 nitrogen and oxygen atoms in total. The van der Waals surface area contributed by atoms with Gasteiger partial charge in [-0.05, 0) is 36.3 Å². The summed E-state index contributed by atoms with van der Waals surface area (Å²) in [6.07, 6.45) is 1.35. The van der Waals surface area contributed by atoms with Crippen molar-refractivity contribution in [2.45, 2.75) is 58.7 Å². The number of aryl methyl sites for hydroxylation is 1. The van der Waals surface area contributed by atoms with Crippen LogP contribution in [-0.4, -0.2) is 52.0 Å². The molecule has 3 atom stereocenters. The molecule has 4 N–H and O–H groups in total. The van der Waals surface area contributed by atoms with E-state index in [1.54, 1.807) is 16.2 Å². The van der Waals surface area contributed by atoms with E-state index in [0.29, 0.717) is 13.0 Å². The fourth-order valence-corrected chi connectivity index (χ4v) is 4.61. The number of hydrogen-bond acceptors (Lipinski definition) is 6. The third-order valence-corrected chi connectivity index (χ3v) is 6.84. The van der Waals surface area contributed by atoms with E-state index in [1.807, 2.05) is 57.5 Å². The Morgan fingerprint density at radius 3 is 2.55 bits per heavy atom. The van der Waals surface area contributed by atoms with E-state index in [1.165, 1.54) is 0 Å². The highest BCUT2D eigenvalue weighted by Gasteiger charge is 2.39. The van der Waals surface area contributed by atoms with Gasteiger partial charge in [0.2, 0.25) is 11.8 Å². The first-order valence-electron chi connectivity index (χ1n) is 10.6. The smallest absolute Gasteiger partial charge is 0.243 e. The molecule has 2 heterocycles. The number of amides is 2. The van der Waals surface area contributed by atoms with Crippen LogP contribution in [0.15, 0.2) is 29.8 Å². The van der Waals surface area contributed by atoms with Crippen molar-refractivity contribution in [3.8, 4) is 10.4 Å². The molecule has 0 spiro atoms. The molecule has 1 aliphatic heterocycles. The number of rotatable bonds is 6. The molecule has 0 unspecified atom stereocenters. The van der Waals surface area contributed by atoms with Gasteiger partial charge >= 0.3 is 0 Å². The molecule has 8 heteroatoms. The number of aromatic nitrogens is 1. The first-order chi connectivity index (χ1) is 14.6. The monoisotopic (exact) mass is 444 g/mol. The summed E-state index contributed by atoms with van der Waals surface area (Å²) < 4.78 is 0. The predicted octanol–water partition coefficient (Wildman–Crippen LogP) is 2.63. The van der Waals surface area contributed by atoms with Gasteiger partial charge in [-0.2, -0.15) is 0 Å². The van der Waals surface area contributed by atoms with Crippen molar-refractivity contribution in [1.29, 1.82) is 0 Å². The predicted molar refractivity (Wildman–Crippen MR) is 122 cm³/mol. The minimum absolute atomic E-state index is 0.199. The summed E-state index contributed by atoms with van der Waals surface area (Å²) in [5.74, 6) is -0.455. The maximum atomic E-state index is 13.0. The molecular weight excluding hydrogens is 412 g/mol. The number of aliphatic hydroxyl groups excluding tert-OH is 1. The molecule has 1 fully saturated rings. The Bertz CT molecular complexity index is 920. The van der Waals surface area contributed by atoms with Gasteiger partial charge in [0.15, 0.2) is 0 Å². The van der Waals surface area contributed by atoms with Crippen molar-refractivity contribution >= 4 is 23.2 Å². The Labute approximate surface area is 187 Å². The maximum absolute atomic E-state index is 13.0. The van der Waals surface area contributed by atoms with E-state index in [9.17, 15) is 14.7 Å². The van der Waals surface area contributed by atoms with E-state index in [-0.39, 0.29) is 23.8 Å². The van der Waals surface area contributed by atoms with Crippen molar-refractivity contribution < 1.29 is 14.7 Å². The van der Waals surface area contributed by atoms with E-state index < -0.39 is 18.1 Å². The average Bonchev–Trinajstić information content (AvgIpc) is 3.39. The van der Waals surface area contributed by atoms with Crippen LogP contribution in [0.4, 0.5) is 0 Å². The van der Waals surface area contributed by atoms with Gasteiger partial charge in [0, 0.05) is 6.54 Å². The van der Waals surface area contributed by atoms with Crippen LogP contribution in [0.1, 0.15) is 50.9 Å². The lowest BCUT2D eigenvalue weighted by molar-refractivity contribution is -0.141. The summed E-state index contributed by atoms with van der Waals surface area (Å²) in [4.78, 5) is 32.9. The molecule has 0 saturated carbocycles. The molecule has 0 aliphatic carbocycles. The number of nitrogens with zero attached hydrogens (tertiary/aromatic N) is 2. The van der Waals surface area contributed by atoms with Crippen molar-refractivity contribution in [3.63, 3.8) is 0 Å². The highest BCUT2D eigenvalue weighted by molar-refractivity contribution is 7.13. The van der Waals surface area contributed by atoms with Crippen molar-refractivity contribution in [2.24, 2.45) is 11.1 Å². The largest absolute Gasteiger partial charge is 0.394 e. The normalized spacial score (nSPS) is 18.6. The van der Waals surface area contributed by atoms with Crippen LogP contribution in [0.5, 0.6) is 0 Å². The zero-order valence-corrected chi connectivity index (χ0v) is 19.4. The number of likely N-dealkylation sites (tertiary alicyclic amines) is 1. The Hall–Kier alpha value is -2.29. The van der Waals surface area contributed by atoms with Gasteiger partial charge in [-0.1, -0.05) is 45.0 Å². The zero-order valence-electron chi connectivity index (χ0n) is 18.6. The number of nitrogens with two attached hydrogens (primary N) is 1. The Balaban J connectivity index is 1.70. The Morgan fingerprint density at radius 2 is 2.00 bits per heavy atom. The minimum Gasteiger partial charge on any atom is -0.394 e. The van der Waals surface area contributed by atoms with Crippen molar-refractivity contribution in [2.75, 3.05) is 13.2 Å². The second-order valence-electron chi connectivity index (χ2n) is 9.17. The van der Waals surface area contributed by atoms with Crippen LogP contribution >= 0.6 is 11.3 Å². The molecule has 2 amide bonds. The van der Waals surface area contributed by atoms with Crippen LogP contribution in [0.25, 0.3) is 10.4 Å². The first kappa shape index (κ1) is 23.4. The molecule has 1 aromatic heterocycles. The van der Waals surface area contributed by atoms with Gasteiger partial charge < -0.3 is 21.1 Å². The lowest BCUT2D eigenvalue weighted by Gasteiger charge is -2.33. The molecule has 0 radical (unpaired) electrons. The number of thiazole rings is 1. The zero-order chi connectivity index (χ0) is 22.8. The SMILES string of the molecule is Cc1ncsc1-c1ccc([C@H](CO)NC(=O)[C@@H]2CCCN2C(=O)[C@@H](N)C(C)(C)C)cc1. The molecule has 1 aliphatic rings. The summed E-state index contributed by atoms with van der Waals surface area (Å²) in [5.41, 5.74) is 10.4. The fourth-order valence-electron chi connectivity index (χ4n) is 3.80. The van der Waals surface area contributed by atoms with Crippen LogP contribution < -0.4 is 11.1 Å². The van der Waals surface area contributed by atoms with E-state index >= 15 is 0 Å². The number of benzene rings is 1. The van der Waals surface area contributed by atoms with Gasteiger partial charge in [-0.3, -0.25) is 9.59 Å². The Kier molecular flexibility index (Phi) is 7.13. The molecular formula is C23H32N4O3S. The highest BCUT2D eigenvalue weighted by atomic mass is 32.1. The molecule has 2 aromatic rings. The molecule has 1 aromatic carbocycles. The van der Waals surface area contributed by atoms with E-state index in [4.69, 9.17) is 5.73 Å². The van der Waals surface area contributed by atoms with Crippen LogP contribution in [0, 0.1) is 12.3 Å². The lowest BCUT2D eigenvalue weighted by atomic mass is 9.86. The van der Waals surface area contributed by atoms with Crippen LogP contribution in [0.2, 0.25) is 0 Å². The summed E-state index contributed by atoms with van der Waals surface area (Å²) in [5, 5.41) is 12.8. The third-order valence-electron chi connectivity index (χ3n) is 5.86. The number of carbonyl (C=O) groups is 2. The molecule has 0 bridgehead atoms. The van der Waals surface area contributed by atoms with Gasteiger partial charge in [0.05, 0.1) is 34.8 Å². The maximum Gasteiger partial charge on any atom is 0.243 e. The van der Waals surface area contributed by atoms with Crippen LogP contribution in [0.3, 0.4) is 0 Å². The fraction of sp³-hybridized carbons (Fsp3) is 0.522. The summed E-state index contributed by atoms with van der Waals surface area (Å²) in [6, 6.07) is 5.98. The third kappa shape index (κ3) is 5.14. The summed E-state index contributed by atoms with van der Waals surface area (Å²) >= 11 is 1.58. The van der Waals surface area contributed by atoms with Gasteiger partial charge in [-0.25, -0.2) is 4.98 Å². The first-order valence-corrected chi connectivity index (χ1v) is 11.5. The lowest BCUT2D eigenvalue weighted by Crippen LogP contribution is -2.55. The second-order valence-corrected chi connectivity index (χ2v) is 10.0. The van der Waals surface area contributed by atoms with Gasteiger partial charge in [0.25, 0.3) is 0 Å².